The third-order valence-electron chi connectivity index (χ3n) is 4.34. The van der Waals surface area contributed by atoms with Crippen LogP contribution in [0.3, 0.4) is 0 Å². The Morgan fingerprint density at radius 1 is 1.07 bits per heavy atom. The molecule has 1 amide bonds. The van der Waals surface area contributed by atoms with E-state index in [-0.39, 0.29) is 18.2 Å². The van der Waals surface area contributed by atoms with Crippen LogP contribution in [0.1, 0.15) is 21.5 Å². The van der Waals surface area contributed by atoms with Gasteiger partial charge in [-0.15, -0.1) is 0 Å². The van der Waals surface area contributed by atoms with Gasteiger partial charge in [-0.1, -0.05) is 18.2 Å². The van der Waals surface area contributed by atoms with Gasteiger partial charge in [0.2, 0.25) is 0 Å². The molecule has 8 heteroatoms. The van der Waals surface area contributed by atoms with Gasteiger partial charge in [-0.3, -0.25) is 9.78 Å². The SMILES string of the molecule is O=C(NCc1ccc(Oc2cccnc2)c(F)c1)c1ccc(Cn2cncn2)cc1. The van der Waals surface area contributed by atoms with Crippen LogP contribution in [0.4, 0.5) is 4.39 Å². The number of amides is 1. The zero-order chi connectivity index (χ0) is 20.8. The molecule has 0 unspecified atom stereocenters. The second kappa shape index (κ2) is 8.95. The summed E-state index contributed by atoms with van der Waals surface area (Å²) >= 11 is 0. The first-order chi connectivity index (χ1) is 14.7. The van der Waals surface area contributed by atoms with E-state index in [1.54, 1.807) is 47.5 Å². The first-order valence-corrected chi connectivity index (χ1v) is 9.23. The molecule has 2 aromatic heterocycles. The van der Waals surface area contributed by atoms with Gasteiger partial charge in [0.05, 0.1) is 12.7 Å². The molecule has 150 valence electrons. The van der Waals surface area contributed by atoms with Crippen molar-refractivity contribution in [2.45, 2.75) is 13.1 Å². The number of carbonyl (C=O) groups excluding carboxylic acids is 1. The van der Waals surface area contributed by atoms with E-state index in [1.807, 2.05) is 12.1 Å². The third-order valence-corrected chi connectivity index (χ3v) is 4.34. The van der Waals surface area contributed by atoms with Gasteiger partial charge >= 0.3 is 0 Å². The van der Waals surface area contributed by atoms with E-state index >= 15 is 0 Å². The van der Waals surface area contributed by atoms with Crippen molar-refractivity contribution in [3.8, 4) is 11.5 Å². The Kier molecular flexibility index (Phi) is 5.75. The fourth-order valence-corrected chi connectivity index (χ4v) is 2.82. The number of nitrogens with one attached hydrogen (secondary N) is 1. The highest BCUT2D eigenvalue weighted by molar-refractivity contribution is 5.94. The molecule has 2 heterocycles. The van der Waals surface area contributed by atoms with Crippen LogP contribution in [-0.2, 0) is 13.1 Å². The van der Waals surface area contributed by atoms with E-state index < -0.39 is 5.82 Å². The molecule has 7 nitrogen and oxygen atoms in total. The first-order valence-electron chi connectivity index (χ1n) is 9.23. The molecule has 0 aliphatic carbocycles. The lowest BCUT2D eigenvalue weighted by atomic mass is 10.1. The fraction of sp³-hybridized carbons (Fsp3) is 0.0909. The monoisotopic (exact) mass is 403 g/mol. The second-order valence-corrected chi connectivity index (χ2v) is 6.53. The topological polar surface area (TPSA) is 81.9 Å². The van der Waals surface area contributed by atoms with Crippen LogP contribution in [0.25, 0.3) is 0 Å². The maximum atomic E-state index is 14.3. The quantitative estimate of drug-likeness (QED) is 0.510. The van der Waals surface area contributed by atoms with Crippen molar-refractivity contribution in [3.05, 3.63) is 102 Å². The lowest BCUT2D eigenvalue weighted by Gasteiger charge is -2.09. The van der Waals surface area contributed by atoms with Crippen LogP contribution >= 0.6 is 0 Å². The minimum atomic E-state index is -0.511. The lowest BCUT2D eigenvalue weighted by molar-refractivity contribution is 0.0951. The van der Waals surface area contributed by atoms with Crippen molar-refractivity contribution in [3.63, 3.8) is 0 Å². The normalized spacial score (nSPS) is 10.6. The maximum Gasteiger partial charge on any atom is 0.251 e. The van der Waals surface area contributed by atoms with Crippen molar-refractivity contribution in [2.75, 3.05) is 0 Å². The molecule has 2 aromatic carbocycles. The van der Waals surface area contributed by atoms with Crippen molar-refractivity contribution >= 4 is 5.91 Å². The van der Waals surface area contributed by atoms with Gasteiger partial charge in [0, 0.05) is 18.3 Å². The van der Waals surface area contributed by atoms with E-state index in [1.165, 1.54) is 24.7 Å². The standard InChI is InChI=1S/C22H18FN5O2/c23-20-10-17(5-8-21(20)30-19-2-1-9-24-12-19)11-26-22(29)18-6-3-16(4-7-18)13-28-15-25-14-27-28/h1-10,12,14-15H,11,13H2,(H,26,29). The molecule has 0 aliphatic heterocycles. The summed E-state index contributed by atoms with van der Waals surface area (Å²) in [7, 11) is 0. The molecule has 0 saturated heterocycles. The van der Waals surface area contributed by atoms with E-state index in [9.17, 15) is 9.18 Å². The van der Waals surface area contributed by atoms with Crippen LogP contribution in [-0.4, -0.2) is 25.7 Å². The van der Waals surface area contributed by atoms with Gasteiger partial charge in [-0.2, -0.15) is 5.10 Å². The summed E-state index contributed by atoms with van der Waals surface area (Å²) in [6, 6.07) is 15.2. The van der Waals surface area contributed by atoms with Gasteiger partial charge in [0.1, 0.15) is 18.4 Å². The summed E-state index contributed by atoms with van der Waals surface area (Å²) in [5, 5.41) is 6.84. The zero-order valence-corrected chi connectivity index (χ0v) is 15.9. The molecular formula is C22H18FN5O2. The highest BCUT2D eigenvalue weighted by Crippen LogP contribution is 2.24. The second-order valence-electron chi connectivity index (χ2n) is 6.53. The molecule has 0 atom stereocenters. The number of carbonyl (C=O) groups is 1. The average molecular weight is 403 g/mol. The maximum absolute atomic E-state index is 14.3. The highest BCUT2D eigenvalue weighted by atomic mass is 19.1. The number of benzene rings is 2. The van der Waals surface area contributed by atoms with Crippen molar-refractivity contribution < 1.29 is 13.9 Å². The van der Waals surface area contributed by atoms with Crippen LogP contribution in [0.5, 0.6) is 11.5 Å². The number of hydrogen-bond acceptors (Lipinski definition) is 5. The fourth-order valence-electron chi connectivity index (χ4n) is 2.82. The Bertz CT molecular complexity index is 1120. The predicted molar refractivity (Wildman–Crippen MR) is 107 cm³/mol. The van der Waals surface area contributed by atoms with E-state index in [0.717, 1.165) is 5.56 Å². The molecule has 0 radical (unpaired) electrons. The number of halogens is 1. The minimum absolute atomic E-state index is 0.0982. The van der Waals surface area contributed by atoms with Gasteiger partial charge < -0.3 is 10.1 Å². The van der Waals surface area contributed by atoms with E-state index in [0.29, 0.717) is 23.4 Å². The highest BCUT2D eigenvalue weighted by Gasteiger charge is 2.09. The van der Waals surface area contributed by atoms with Crippen LogP contribution in [0.2, 0.25) is 0 Å². The van der Waals surface area contributed by atoms with Gasteiger partial charge in [0.15, 0.2) is 11.6 Å². The Morgan fingerprint density at radius 2 is 1.90 bits per heavy atom. The minimum Gasteiger partial charge on any atom is -0.453 e. The van der Waals surface area contributed by atoms with Gasteiger partial charge in [-0.25, -0.2) is 14.1 Å². The number of hydrogen-bond donors (Lipinski definition) is 1. The summed E-state index contributed by atoms with van der Waals surface area (Å²) in [4.78, 5) is 20.2. The van der Waals surface area contributed by atoms with E-state index in [2.05, 4.69) is 20.4 Å². The molecule has 0 spiro atoms. The van der Waals surface area contributed by atoms with Crippen LogP contribution < -0.4 is 10.1 Å². The largest absolute Gasteiger partial charge is 0.453 e. The first kappa shape index (κ1) is 19.3. The summed E-state index contributed by atoms with van der Waals surface area (Å²) < 4.78 is 21.5. The van der Waals surface area contributed by atoms with Crippen molar-refractivity contribution in [2.24, 2.45) is 0 Å². The molecule has 30 heavy (non-hydrogen) atoms. The van der Waals surface area contributed by atoms with Gasteiger partial charge in [0.25, 0.3) is 5.91 Å². The van der Waals surface area contributed by atoms with Crippen molar-refractivity contribution in [1.29, 1.82) is 0 Å². The van der Waals surface area contributed by atoms with Gasteiger partial charge in [-0.05, 0) is 47.5 Å². The molecule has 1 N–H and O–H groups in total. The molecule has 0 saturated carbocycles. The number of pyridine rings is 1. The summed E-state index contributed by atoms with van der Waals surface area (Å²) in [5.74, 6) is -0.202. The number of nitrogens with zero attached hydrogens (tertiary/aromatic N) is 4. The molecular weight excluding hydrogens is 385 g/mol. The smallest absolute Gasteiger partial charge is 0.251 e. The Labute approximate surface area is 172 Å². The molecule has 0 bridgehead atoms. The predicted octanol–water partition coefficient (Wildman–Crippen LogP) is 3.58. The summed E-state index contributed by atoms with van der Waals surface area (Å²) in [6.45, 7) is 0.776. The average Bonchev–Trinajstić information content (AvgIpc) is 3.28. The lowest BCUT2D eigenvalue weighted by Crippen LogP contribution is -2.22. The molecule has 4 rings (SSSR count). The van der Waals surface area contributed by atoms with Crippen LogP contribution in [0.15, 0.2) is 79.6 Å². The zero-order valence-electron chi connectivity index (χ0n) is 15.9. The van der Waals surface area contributed by atoms with Crippen LogP contribution in [0, 0.1) is 5.82 Å². The number of rotatable bonds is 7. The van der Waals surface area contributed by atoms with Crippen molar-refractivity contribution in [1.82, 2.24) is 25.1 Å². The molecule has 0 fully saturated rings. The summed E-state index contributed by atoms with van der Waals surface area (Å²) in [6.07, 6.45) is 6.22. The Hall–Kier alpha value is -4.07. The number of ether oxygens (including phenoxy) is 1. The summed E-state index contributed by atoms with van der Waals surface area (Å²) in [5.41, 5.74) is 2.15. The molecule has 0 aliphatic rings. The molecule has 4 aromatic rings. The Morgan fingerprint density at radius 3 is 2.60 bits per heavy atom. The number of aromatic nitrogens is 4. The Balaban J connectivity index is 1.33. The van der Waals surface area contributed by atoms with E-state index in [4.69, 9.17) is 4.74 Å². The third kappa shape index (κ3) is 4.85.